The molecule has 1 saturated carbocycles. The Labute approximate surface area is 192 Å². The first-order valence-corrected chi connectivity index (χ1v) is 12.4. The number of aryl methyl sites for hydroxylation is 2. The summed E-state index contributed by atoms with van der Waals surface area (Å²) in [6, 6.07) is 4.29. The van der Waals surface area contributed by atoms with Crippen molar-refractivity contribution in [2.45, 2.75) is 64.6 Å². The Kier molecular flexibility index (Phi) is 5.61. The summed E-state index contributed by atoms with van der Waals surface area (Å²) in [7, 11) is 0. The Morgan fingerprint density at radius 2 is 1.88 bits per heavy atom. The third-order valence-corrected chi connectivity index (χ3v) is 7.48. The number of thioether (sulfide) groups is 1. The van der Waals surface area contributed by atoms with Crippen LogP contribution >= 0.6 is 11.8 Å². The van der Waals surface area contributed by atoms with Gasteiger partial charge < -0.3 is 9.42 Å². The van der Waals surface area contributed by atoms with Gasteiger partial charge in [-0.1, -0.05) is 23.8 Å². The molecule has 3 aromatic heterocycles. The van der Waals surface area contributed by atoms with E-state index in [0.29, 0.717) is 17.6 Å². The van der Waals surface area contributed by atoms with Crippen molar-refractivity contribution in [3.05, 3.63) is 34.8 Å². The van der Waals surface area contributed by atoms with Crippen LogP contribution in [-0.2, 0) is 0 Å². The minimum atomic E-state index is 0.0910. The van der Waals surface area contributed by atoms with E-state index in [9.17, 15) is 4.79 Å². The van der Waals surface area contributed by atoms with Gasteiger partial charge in [0.1, 0.15) is 5.76 Å². The molecule has 0 aromatic carbocycles. The Bertz CT molecular complexity index is 1130. The van der Waals surface area contributed by atoms with Crippen LogP contribution in [0.15, 0.2) is 21.8 Å². The molecule has 1 aliphatic carbocycles. The van der Waals surface area contributed by atoms with Crippen molar-refractivity contribution in [2.24, 2.45) is 5.92 Å². The number of nitrogens with zero attached hydrogens (tertiary/aromatic N) is 6. The molecule has 32 heavy (non-hydrogen) atoms. The lowest BCUT2D eigenvalue weighted by Crippen LogP contribution is -2.34. The van der Waals surface area contributed by atoms with Gasteiger partial charge in [0, 0.05) is 42.1 Å². The first-order chi connectivity index (χ1) is 15.4. The highest BCUT2D eigenvalue weighted by Gasteiger charge is 2.33. The van der Waals surface area contributed by atoms with Crippen molar-refractivity contribution in [1.82, 2.24) is 24.5 Å². The number of carbonyl (C=O) groups is 1. The summed E-state index contributed by atoms with van der Waals surface area (Å²) < 4.78 is 9.46. The smallest absolute Gasteiger partial charge is 0.228 e. The summed E-state index contributed by atoms with van der Waals surface area (Å²) in [5.74, 6) is 3.63. The molecule has 4 heterocycles. The Morgan fingerprint density at radius 3 is 2.53 bits per heavy atom. The third kappa shape index (κ3) is 3.98. The molecule has 9 heteroatoms. The van der Waals surface area contributed by atoms with Gasteiger partial charge in [0.25, 0.3) is 0 Å². The van der Waals surface area contributed by atoms with Crippen LogP contribution in [0.1, 0.15) is 66.2 Å². The number of ketones is 1. The van der Waals surface area contributed by atoms with Gasteiger partial charge in [-0.05, 0) is 58.4 Å². The van der Waals surface area contributed by atoms with Crippen molar-refractivity contribution in [3.8, 4) is 5.82 Å². The second-order valence-corrected chi connectivity index (χ2v) is 10.1. The van der Waals surface area contributed by atoms with Crippen LogP contribution in [0, 0.1) is 26.7 Å². The second kappa shape index (κ2) is 8.42. The number of hydrogen-bond donors (Lipinski definition) is 0. The fraction of sp³-hybridized carbons (Fsp3) is 0.565. The molecule has 0 radical (unpaired) electrons. The van der Waals surface area contributed by atoms with E-state index in [1.165, 1.54) is 24.6 Å². The normalized spacial score (nSPS) is 17.3. The predicted octanol–water partition coefficient (Wildman–Crippen LogP) is 4.53. The van der Waals surface area contributed by atoms with E-state index < -0.39 is 0 Å². The van der Waals surface area contributed by atoms with Crippen LogP contribution < -0.4 is 4.90 Å². The first kappa shape index (κ1) is 21.3. The molecule has 5 rings (SSSR count). The standard InChI is InChI=1S/C23H30N6O2S/c1-14-7-9-27(10-8-14)22-24-25-23(29(22)18-5-6-18)32-13-20(30)19-11-15(2)28(17(19)4)21-12-16(3)31-26-21/h11-12,14,18H,5-10,13H2,1-4H3. The summed E-state index contributed by atoms with van der Waals surface area (Å²) in [5.41, 5.74) is 2.57. The average Bonchev–Trinajstić information content (AvgIpc) is 3.26. The summed E-state index contributed by atoms with van der Waals surface area (Å²) in [6.07, 6.45) is 4.71. The molecule has 8 nitrogen and oxygen atoms in total. The van der Waals surface area contributed by atoms with E-state index in [4.69, 9.17) is 4.52 Å². The van der Waals surface area contributed by atoms with Crippen LogP contribution in [0.2, 0.25) is 0 Å². The van der Waals surface area contributed by atoms with Crippen LogP contribution in [0.4, 0.5) is 5.95 Å². The van der Waals surface area contributed by atoms with Crippen LogP contribution in [-0.4, -0.2) is 49.1 Å². The molecule has 1 saturated heterocycles. The zero-order valence-electron chi connectivity index (χ0n) is 19.2. The minimum absolute atomic E-state index is 0.0910. The molecule has 3 aromatic rings. The second-order valence-electron chi connectivity index (χ2n) is 9.18. The van der Waals surface area contributed by atoms with E-state index in [2.05, 4.69) is 31.7 Å². The zero-order chi connectivity index (χ0) is 22.4. The summed E-state index contributed by atoms with van der Waals surface area (Å²) in [5, 5.41) is 14.0. The number of anilines is 1. The highest BCUT2D eigenvalue weighted by Crippen LogP contribution is 2.41. The molecule has 0 amide bonds. The lowest BCUT2D eigenvalue weighted by Gasteiger charge is -2.31. The molecule has 0 unspecified atom stereocenters. The summed E-state index contributed by atoms with van der Waals surface area (Å²) >= 11 is 1.50. The van der Waals surface area contributed by atoms with Crippen molar-refractivity contribution in [2.75, 3.05) is 23.7 Å². The largest absolute Gasteiger partial charge is 0.360 e. The number of rotatable bonds is 7. The molecule has 1 aliphatic heterocycles. The van der Waals surface area contributed by atoms with Gasteiger partial charge in [-0.3, -0.25) is 13.9 Å². The summed E-state index contributed by atoms with van der Waals surface area (Å²) in [6.45, 7) is 10.2. The van der Waals surface area contributed by atoms with E-state index in [0.717, 1.165) is 65.7 Å². The molecular weight excluding hydrogens is 424 g/mol. The van der Waals surface area contributed by atoms with Crippen LogP contribution in [0.5, 0.6) is 0 Å². The number of carbonyl (C=O) groups excluding carboxylic acids is 1. The van der Waals surface area contributed by atoms with Crippen LogP contribution in [0.25, 0.3) is 5.82 Å². The van der Waals surface area contributed by atoms with E-state index >= 15 is 0 Å². The van der Waals surface area contributed by atoms with E-state index in [1.807, 2.05) is 37.5 Å². The SMILES string of the molecule is Cc1cc(-n2c(C)cc(C(=O)CSc3nnc(N4CCC(C)CC4)n3C3CC3)c2C)no1. The maximum atomic E-state index is 13.1. The number of piperidine rings is 1. The van der Waals surface area contributed by atoms with Gasteiger partial charge in [0.15, 0.2) is 16.8 Å². The van der Waals surface area contributed by atoms with Gasteiger partial charge in [-0.15, -0.1) is 10.2 Å². The highest BCUT2D eigenvalue weighted by atomic mass is 32.2. The van der Waals surface area contributed by atoms with Crippen molar-refractivity contribution >= 4 is 23.5 Å². The van der Waals surface area contributed by atoms with Crippen LogP contribution in [0.3, 0.4) is 0 Å². The number of hydrogen-bond acceptors (Lipinski definition) is 7. The van der Waals surface area contributed by atoms with Gasteiger partial charge in [0.05, 0.1) is 5.75 Å². The number of aromatic nitrogens is 5. The first-order valence-electron chi connectivity index (χ1n) is 11.4. The average molecular weight is 455 g/mol. The van der Waals surface area contributed by atoms with Gasteiger partial charge >= 0.3 is 0 Å². The monoisotopic (exact) mass is 454 g/mol. The quantitative estimate of drug-likeness (QED) is 0.383. The molecule has 170 valence electrons. The third-order valence-electron chi connectivity index (χ3n) is 6.53. The topological polar surface area (TPSA) is 82.0 Å². The zero-order valence-corrected chi connectivity index (χ0v) is 20.0. The van der Waals surface area contributed by atoms with Crippen molar-refractivity contribution in [1.29, 1.82) is 0 Å². The molecule has 2 aliphatic rings. The lowest BCUT2D eigenvalue weighted by molar-refractivity contribution is 0.102. The molecule has 0 N–H and O–H groups in total. The molecular formula is C23H30N6O2S. The molecule has 0 bridgehead atoms. The van der Waals surface area contributed by atoms with Gasteiger partial charge in [0.2, 0.25) is 5.95 Å². The predicted molar refractivity (Wildman–Crippen MR) is 124 cm³/mol. The maximum Gasteiger partial charge on any atom is 0.228 e. The Morgan fingerprint density at radius 1 is 1.12 bits per heavy atom. The molecule has 0 spiro atoms. The Hall–Kier alpha value is -2.55. The summed E-state index contributed by atoms with van der Waals surface area (Å²) in [4.78, 5) is 15.5. The molecule has 2 fully saturated rings. The van der Waals surface area contributed by atoms with Gasteiger partial charge in [-0.2, -0.15) is 0 Å². The van der Waals surface area contributed by atoms with E-state index in [-0.39, 0.29) is 5.78 Å². The Balaban J connectivity index is 1.33. The van der Waals surface area contributed by atoms with Crippen molar-refractivity contribution < 1.29 is 9.32 Å². The number of Topliss-reactive ketones (excluding diaryl/α,β-unsaturated/α-hetero) is 1. The fourth-order valence-electron chi connectivity index (χ4n) is 4.51. The lowest BCUT2D eigenvalue weighted by atomic mass is 10.00. The highest BCUT2D eigenvalue weighted by molar-refractivity contribution is 7.99. The van der Waals surface area contributed by atoms with Gasteiger partial charge in [-0.25, -0.2) is 0 Å². The maximum absolute atomic E-state index is 13.1. The molecule has 0 atom stereocenters. The van der Waals surface area contributed by atoms with E-state index in [1.54, 1.807) is 0 Å². The fourth-order valence-corrected chi connectivity index (χ4v) is 5.39. The van der Waals surface area contributed by atoms with Crippen molar-refractivity contribution in [3.63, 3.8) is 0 Å². The minimum Gasteiger partial charge on any atom is -0.360 e.